The third-order valence-corrected chi connectivity index (χ3v) is 4.14. The van der Waals surface area contributed by atoms with Gasteiger partial charge in [0, 0.05) is 32.2 Å². The minimum atomic E-state index is 0.0160. The largest absolute Gasteiger partial charge is 0.377 e. The molecular weight excluding hydrogens is 294 g/mol. The standard InChI is InChI=1S/C16H21N5O2/c1-12-15(18-6-5-17-12)4-3-14-11-23-8-7-21(14)16(22)13-9-19-20(2)10-13/h5-6,9-10,14H,3-4,7-8,11H2,1-2H3. The van der Waals surface area contributed by atoms with Crippen molar-refractivity contribution in [2.24, 2.45) is 7.05 Å². The average molecular weight is 315 g/mol. The summed E-state index contributed by atoms with van der Waals surface area (Å²) in [6, 6.07) is 0.0536. The van der Waals surface area contributed by atoms with E-state index < -0.39 is 0 Å². The van der Waals surface area contributed by atoms with Gasteiger partial charge in [0.2, 0.25) is 0 Å². The first-order valence-electron chi connectivity index (χ1n) is 7.79. The van der Waals surface area contributed by atoms with Crippen molar-refractivity contribution in [2.75, 3.05) is 19.8 Å². The van der Waals surface area contributed by atoms with Crippen LogP contribution in [-0.4, -0.2) is 56.4 Å². The first kappa shape index (κ1) is 15.6. The number of hydrogen-bond acceptors (Lipinski definition) is 5. The first-order chi connectivity index (χ1) is 11.1. The molecule has 122 valence electrons. The quantitative estimate of drug-likeness (QED) is 0.841. The predicted molar refractivity (Wildman–Crippen MR) is 83.9 cm³/mol. The van der Waals surface area contributed by atoms with E-state index in [1.165, 1.54) is 0 Å². The van der Waals surface area contributed by atoms with Crippen molar-refractivity contribution in [3.8, 4) is 0 Å². The topological polar surface area (TPSA) is 73.1 Å². The van der Waals surface area contributed by atoms with E-state index in [9.17, 15) is 4.79 Å². The van der Waals surface area contributed by atoms with Crippen molar-refractivity contribution < 1.29 is 9.53 Å². The van der Waals surface area contributed by atoms with Gasteiger partial charge in [0.15, 0.2) is 0 Å². The second-order valence-corrected chi connectivity index (χ2v) is 5.76. The molecule has 1 saturated heterocycles. The highest BCUT2D eigenvalue weighted by Gasteiger charge is 2.28. The molecule has 23 heavy (non-hydrogen) atoms. The van der Waals surface area contributed by atoms with E-state index in [0.717, 1.165) is 24.2 Å². The molecule has 1 atom stereocenters. The van der Waals surface area contributed by atoms with E-state index in [2.05, 4.69) is 15.1 Å². The van der Waals surface area contributed by atoms with Crippen LogP contribution >= 0.6 is 0 Å². The maximum absolute atomic E-state index is 12.7. The van der Waals surface area contributed by atoms with Crippen LogP contribution in [0.3, 0.4) is 0 Å². The zero-order valence-electron chi connectivity index (χ0n) is 13.5. The van der Waals surface area contributed by atoms with Crippen LogP contribution in [-0.2, 0) is 18.2 Å². The molecule has 2 aromatic rings. The van der Waals surface area contributed by atoms with Gasteiger partial charge >= 0.3 is 0 Å². The van der Waals surface area contributed by atoms with Gasteiger partial charge in [-0.1, -0.05) is 0 Å². The van der Waals surface area contributed by atoms with Crippen LogP contribution in [0.2, 0.25) is 0 Å². The summed E-state index contributed by atoms with van der Waals surface area (Å²) in [4.78, 5) is 23.2. The van der Waals surface area contributed by atoms with Gasteiger partial charge in [-0.2, -0.15) is 5.10 Å². The maximum atomic E-state index is 12.7. The van der Waals surface area contributed by atoms with Crippen LogP contribution in [0, 0.1) is 6.92 Å². The SMILES string of the molecule is Cc1nccnc1CCC1COCCN1C(=O)c1cnn(C)c1. The average Bonchev–Trinajstić information content (AvgIpc) is 3.00. The Bertz CT molecular complexity index is 685. The number of aryl methyl sites for hydroxylation is 3. The van der Waals surface area contributed by atoms with Gasteiger partial charge in [-0.3, -0.25) is 19.4 Å². The monoisotopic (exact) mass is 315 g/mol. The molecule has 1 fully saturated rings. The number of aromatic nitrogens is 4. The van der Waals surface area contributed by atoms with Crippen LogP contribution in [0.1, 0.15) is 28.2 Å². The van der Waals surface area contributed by atoms with E-state index in [-0.39, 0.29) is 11.9 Å². The van der Waals surface area contributed by atoms with Crippen molar-refractivity contribution in [2.45, 2.75) is 25.8 Å². The lowest BCUT2D eigenvalue weighted by Crippen LogP contribution is -2.48. The number of carbonyl (C=O) groups excluding carboxylic acids is 1. The third kappa shape index (κ3) is 3.56. The molecule has 1 aliphatic heterocycles. The van der Waals surface area contributed by atoms with E-state index in [4.69, 9.17) is 4.74 Å². The number of nitrogens with zero attached hydrogens (tertiary/aromatic N) is 5. The van der Waals surface area contributed by atoms with E-state index in [0.29, 0.717) is 25.3 Å². The number of carbonyl (C=O) groups is 1. The van der Waals surface area contributed by atoms with Gasteiger partial charge in [-0.15, -0.1) is 0 Å². The molecule has 7 nitrogen and oxygen atoms in total. The van der Waals surface area contributed by atoms with Gasteiger partial charge in [0.25, 0.3) is 5.91 Å². The summed E-state index contributed by atoms with van der Waals surface area (Å²) in [6.07, 6.45) is 8.36. The molecule has 7 heteroatoms. The van der Waals surface area contributed by atoms with E-state index >= 15 is 0 Å². The highest BCUT2D eigenvalue weighted by atomic mass is 16.5. The first-order valence-corrected chi connectivity index (χ1v) is 7.79. The second kappa shape index (κ2) is 6.87. The van der Waals surface area contributed by atoms with Gasteiger partial charge in [-0.25, -0.2) is 0 Å². The Balaban J connectivity index is 1.69. The number of ether oxygens (including phenoxy) is 1. The normalized spacial score (nSPS) is 18.2. The molecule has 1 aliphatic rings. The molecule has 0 aliphatic carbocycles. The summed E-state index contributed by atoms with van der Waals surface area (Å²) in [5.41, 5.74) is 2.54. The molecule has 0 aromatic carbocycles. The fourth-order valence-electron chi connectivity index (χ4n) is 2.84. The number of amides is 1. The Kier molecular flexibility index (Phi) is 4.66. The fourth-order valence-corrected chi connectivity index (χ4v) is 2.84. The smallest absolute Gasteiger partial charge is 0.257 e. The fraction of sp³-hybridized carbons (Fsp3) is 0.500. The molecule has 3 rings (SSSR count). The minimum Gasteiger partial charge on any atom is -0.377 e. The second-order valence-electron chi connectivity index (χ2n) is 5.76. The zero-order chi connectivity index (χ0) is 16.2. The third-order valence-electron chi connectivity index (χ3n) is 4.14. The highest BCUT2D eigenvalue weighted by Crippen LogP contribution is 2.17. The Morgan fingerprint density at radius 3 is 2.96 bits per heavy atom. The molecule has 1 unspecified atom stereocenters. The van der Waals surface area contributed by atoms with Gasteiger partial charge < -0.3 is 9.64 Å². The number of rotatable bonds is 4. The Morgan fingerprint density at radius 2 is 2.22 bits per heavy atom. The lowest BCUT2D eigenvalue weighted by atomic mass is 10.1. The summed E-state index contributed by atoms with van der Waals surface area (Å²) in [5.74, 6) is 0.0160. The Morgan fingerprint density at radius 1 is 1.39 bits per heavy atom. The summed E-state index contributed by atoms with van der Waals surface area (Å²) < 4.78 is 7.22. The molecule has 2 aromatic heterocycles. The van der Waals surface area contributed by atoms with Crippen molar-refractivity contribution in [3.63, 3.8) is 0 Å². The van der Waals surface area contributed by atoms with E-state index in [1.807, 2.05) is 18.9 Å². The summed E-state index contributed by atoms with van der Waals surface area (Å²) in [7, 11) is 1.81. The zero-order valence-corrected chi connectivity index (χ0v) is 13.5. The van der Waals surface area contributed by atoms with Crippen molar-refractivity contribution >= 4 is 5.91 Å². The van der Waals surface area contributed by atoms with Crippen molar-refractivity contribution in [3.05, 3.63) is 41.7 Å². The Hall–Kier alpha value is -2.28. The summed E-state index contributed by atoms with van der Waals surface area (Å²) in [5, 5.41) is 4.08. The van der Waals surface area contributed by atoms with Crippen LogP contribution < -0.4 is 0 Å². The van der Waals surface area contributed by atoms with Crippen LogP contribution in [0.25, 0.3) is 0 Å². The predicted octanol–water partition coefficient (Wildman–Crippen LogP) is 0.992. The molecular formula is C16H21N5O2. The molecule has 0 N–H and O–H groups in total. The van der Waals surface area contributed by atoms with Gasteiger partial charge in [-0.05, 0) is 19.8 Å². The molecule has 1 amide bonds. The van der Waals surface area contributed by atoms with Crippen LogP contribution in [0.4, 0.5) is 0 Å². The van der Waals surface area contributed by atoms with Gasteiger partial charge in [0.1, 0.15) is 0 Å². The lowest BCUT2D eigenvalue weighted by Gasteiger charge is -2.35. The molecule has 0 saturated carbocycles. The molecule has 3 heterocycles. The van der Waals surface area contributed by atoms with Crippen LogP contribution in [0.15, 0.2) is 24.8 Å². The van der Waals surface area contributed by atoms with Crippen molar-refractivity contribution in [1.29, 1.82) is 0 Å². The van der Waals surface area contributed by atoms with Crippen LogP contribution in [0.5, 0.6) is 0 Å². The highest BCUT2D eigenvalue weighted by molar-refractivity contribution is 5.94. The Labute approximate surface area is 135 Å². The van der Waals surface area contributed by atoms with Crippen molar-refractivity contribution in [1.82, 2.24) is 24.6 Å². The lowest BCUT2D eigenvalue weighted by molar-refractivity contribution is -0.00414. The number of hydrogen-bond donors (Lipinski definition) is 0. The summed E-state index contributed by atoms with van der Waals surface area (Å²) in [6.45, 7) is 3.70. The minimum absolute atomic E-state index is 0.0160. The summed E-state index contributed by atoms with van der Waals surface area (Å²) >= 11 is 0. The number of morpholine rings is 1. The molecule has 0 radical (unpaired) electrons. The molecule has 0 spiro atoms. The van der Waals surface area contributed by atoms with Gasteiger partial charge in [0.05, 0.1) is 42.4 Å². The maximum Gasteiger partial charge on any atom is 0.257 e. The van der Waals surface area contributed by atoms with E-state index in [1.54, 1.807) is 29.5 Å². The molecule has 0 bridgehead atoms.